The van der Waals surface area contributed by atoms with E-state index in [1.807, 2.05) is 0 Å². The Balaban J connectivity index is 1.67. The highest BCUT2D eigenvalue weighted by molar-refractivity contribution is 5.79. The second-order valence-electron chi connectivity index (χ2n) is 8.71. The summed E-state index contributed by atoms with van der Waals surface area (Å²) in [6.07, 6.45) is 8.83. The van der Waals surface area contributed by atoms with Gasteiger partial charge in [-0.25, -0.2) is 0 Å². The largest absolute Gasteiger partial charge is 0.481 e. The molecule has 1 unspecified atom stereocenters. The summed E-state index contributed by atoms with van der Waals surface area (Å²) < 4.78 is 0. The van der Waals surface area contributed by atoms with Gasteiger partial charge in [-0.3, -0.25) is 9.59 Å². The van der Waals surface area contributed by atoms with E-state index in [2.05, 4.69) is 25.2 Å². The van der Waals surface area contributed by atoms with Crippen LogP contribution in [0.25, 0.3) is 0 Å². The number of rotatable bonds is 1. The van der Waals surface area contributed by atoms with Crippen LogP contribution in [0.2, 0.25) is 0 Å². The molecular weight excluding hydrogens is 290 g/mol. The normalized spacial score (nSPS) is 48.6. The van der Waals surface area contributed by atoms with E-state index in [0.29, 0.717) is 24.2 Å². The third-order valence-electron chi connectivity index (χ3n) is 7.91. The Bertz CT molecular complexity index is 597. The van der Waals surface area contributed by atoms with Crippen molar-refractivity contribution >= 4 is 11.9 Å². The van der Waals surface area contributed by atoms with Gasteiger partial charge in [0.2, 0.25) is 5.91 Å². The third-order valence-corrected chi connectivity index (χ3v) is 7.91. The SMILES string of the molecule is C[C@]12CC[C@H]3C(CC=C4NC(=O)CC[C@@]43C)[C@@H]1CC[C@@H]2C(=O)O. The van der Waals surface area contributed by atoms with Gasteiger partial charge in [0.25, 0.3) is 0 Å². The number of amides is 1. The molecule has 3 aliphatic carbocycles. The van der Waals surface area contributed by atoms with Crippen molar-refractivity contribution in [1.82, 2.24) is 5.32 Å². The lowest BCUT2D eigenvalue weighted by molar-refractivity contribution is -0.149. The van der Waals surface area contributed by atoms with Crippen LogP contribution in [0.15, 0.2) is 11.8 Å². The Morgan fingerprint density at radius 1 is 1.22 bits per heavy atom. The molecule has 1 amide bonds. The standard InChI is InChI=1S/C19H27NO3/c1-18-9-7-13-11(12(18)4-5-14(18)17(22)23)3-6-15-19(13,2)10-8-16(21)20-15/h6,11-14H,3-5,7-10H2,1-2H3,(H,20,21)(H,22,23)/t11?,12-,13-,14+,18-,19+/m0/s1. The number of carbonyl (C=O) groups is 2. The fourth-order valence-corrected chi connectivity index (χ4v) is 6.60. The summed E-state index contributed by atoms with van der Waals surface area (Å²) in [4.78, 5) is 23.4. The average molecular weight is 317 g/mol. The first kappa shape index (κ1) is 15.2. The van der Waals surface area contributed by atoms with Gasteiger partial charge in [-0.15, -0.1) is 0 Å². The predicted molar refractivity (Wildman–Crippen MR) is 86.4 cm³/mol. The summed E-state index contributed by atoms with van der Waals surface area (Å²) in [5.41, 5.74) is 1.19. The molecule has 0 bridgehead atoms. The monoisotopic (exact) mass is 317 g/mol. The summed E-state index contributed by atoms with van der Waals surface area (Å²) in [5, 5.41) is 12.7. The number of carbonyl (C=O) groups excluding carboxylic acids is 1. The summed E-state index contributed by atoms with van der Waals surface area (Å²) in [6, 6.07) is 0. The van der Waals surface area contributed by atoms with Crippen molar-refractivity contribution in [2.75, 3.05) is 0 Å². The van der Waals surface area contributed by atoms with E-state index in [4.69, 9.17) is 0 Å². The second-order valence-corrected chi connectivity index (χ2v) is 8.71. The molecular formula is C19H27NO3. The fourth-order valence-electron chi connectivity index (χ4n) is 6.60. The number of nitrogens with one attached hydrogen (secondary N) is 1. The van der Waals surface area contributed by atoms with Crippen LogP contribution in [-0.4, -0.2) is 17.0 Å². The molecule has 0 aromatic heterocycles. The summed E-state index contributed by atoms with van der Waals surface area (Å²) >= 11 is 0. The van der Waals surface area contributed by atoms with Crippen molar-refractivity contribution in [3.63, 3.8) is 0 Å². The van der Waals surface area contributed by atoms with Crippen LogP contribution >= 0.6 is 0 Å². The van der Waals surface area contributed by atoms with Gasteiger partial charge in [-0.1, -0.05) is 19.9 Å². The zero-order chi connectivity index (χ0) is 16.4. The number of fused-ring (bicyclic) bond motifs is 5. The number of aliphatic carboxylic acids is 1. The van der Waals surface area contributed by atoms with E-state index in [0.717, 1.165) is 44.2 Å². The lowest BCUT2D eigenvalue weighted by Crippen LogP contribution is -2.53. The smallest absolute Gasteiger partial charge is 0.307 e. The van der Waals surface area contributed by atoms with E-state index in [-0.39, 0.29) is 22.7 Å². The maximum absolute atomic E-state index is 11.8. The maximum atomic E-state index is 11.8. The molecule has 0 aromatic carbocycles. The van der Waals surface area contributed by atoms with E-state index in [1.165, 1.54) is 0 Å². The molecule has 1 heterocycles. The van der Waals surface area contributed by atoms with E-state index in [9.17, 15) is 14.7 Å². The maximum Gasteiger partial charge on any atom is 0.307 e. The van der Waals surface area contributed by atoms with Gasteiger partial charge in [0.1, 0.15) is 0 Å². The van der Waals surface area contributed by atoms with Gasteiger partial charge in [-0.2, -0.15) is 0 Å². The summed E-state index contributed by atoms with van der Waals surface area (Å²) in [7, 11) is 0. The summed E-state index contributed by atoms with van der Waals surface area (Å²) in [6.45, 7) is 4.55. The molecule has 4 rings (SSSR count). The van der Waals surface area contributed by atoms with Crippen LogP contribution in [0.5, 0.6) is 0 Å². The number of piperidine rings is 1. The Labute approximate surface area is 137 Å². The zero-order valence-electron chi connectivity index (χ0n) is 14.1. The molecule has 0 radical (unpaired) electrons. The van der Waals surface area contributed by atoms with Crippen LogP contribution in [-0.2, 0) is 9.59 Å². The number of allylic oxidation sites excluding steroid dienone is 2. The average Bonchev–Trinajstić information content (AvgIpc) is 2.85. The van der Waals surface area contributed by atoms with Crippen LogP contribution < -0.4 is 5.32 Å². The van der Waals surface area contributed by atoms with Crippen molar-refractivity contribution in [3.05, 3.63) is 11.8 Å². The molecule has 2 saturated carbocycles. The van der Waals surface area contributed by atoms with Crippen LogP contribution in [0.3, 0.4) is 0 Å². The first-order chi connectivity index (χ1) is 10.9. The molecule has 1 aliphatic heterocycles. The van der Waals surface area contributed by atoms with Crippen molar-refractivity contribution < 1.29 is 14.7 Å². The van der Waals surface area contributed by atoms with Gasteiger partial charge in [0.05, 0.1) is 5.92 Å². The van der Waals surface area contributed by atoms with Gasteiger partial charge >= 0.3 is 5.97 Å². The molecule has 23 heavy (non-hydrogen) atoms. The first-order valence-corrected chi connectivity index (χ1v) is 9.09. The van der Waals surface area contributed by atoms with Crippen molar-refractivity contribution in [1.29, 1.82) is 0 Å². The van der Waals surface area contributed by atoms with Crippen LogP contribution in [0.4, 0.5) is 0 Å². The molecule has 126 valence electrons. The summed E-state index contributed by atoms with van der Waals surface area (Å²) in [5.74, 6) is 1.08. The third kappa shape index (κ3) is 1.96. The topological polar surface area (TPSA) is 66.4 Å². The lowest BCUT2D eigenvalue weighted by Gasteiger charge is -2.56. The molecule has 1 saturated heterocycles. The highest BCUT2D eigenvalue weighted by atomic mass is 16.4. The Kier molecular flexibility index (Phi) is 3.20. The molecule has 0 spiro atoms. The number of carboxylic acids is 1. The predicted octanol–water partition coefficient (Wildman–Crippen LogP) is 3.33. The molecule has 2 N–H and O–H groups in total. The highest BCUT2D eigenvalue weighted by Gasteiger charge is 2.60. The Morgan fingerprint density at radius 2 is 2.00 bits per heavy atom. The Hall–Kier alpha value is -1.32. The van der Waals surface area contributed by atoms with Crippen LogP contribution in [0.1, 0.15) is 58.8 Å². The molecule has 6 atom stereocenters. The van der Waals surface area contributed by atoms with E-state index in [1.54, 1.807) is 0 Å². The minimum absolute atomic E-state index is 0.0351. The fraction of sp³-hybridized carbons (Fsp3) is 0.789. The minimum Gasteiger partial charge on any atom is -0.481 e. The lowest BCUT2D eigenvalue weighted by atomic mass is 9.49. The van der Waals surface area contributed by atoms with Gasteiger partial charge < -0.3 is 10.4 Å². The van der Waals surface area contributed by atoms with Gasteiger partial charge in [-0.05, 0) is 61.7 Å². The number of hydrogen-bond donors (Lipinski definition) is 2. The molecule has 0 aromatic rings. The molecule has 3 fully saturated rings. The van der Waals surface area contributed by atoms with Gasteiger partial charge in [0, 0.05) is 17.5 Å². The quantitative estimate of drug-likeness (QED) is 0.779. The highest BCUT2D eigenvalue weighted by Crippen LogP contribution is 2.65. The molecule has 4 aliphatic rings. The van der Waals surface area contributed by atoms with Crippen molar-refractivity contribution in [3.8, 4) is 0 Å². The van der Waals surface area contributed by atoms with E-state index < -0.39 is 5.97 Å². The van der Waals surface area contributed by atoms with Crippen molar-refractivity contribution in [2.45, 2.75) is 58.8 Å². The first-order valence-electron chi connectivity index (χ1n) is 9.09. The number of hydrogen-bond acceptors (Lipinski definition) is 2. The van der Waals surface area contributed by atoms with E-state index >= 15 is 0 Å². The number of carboxylic acid groups (broad SMARTS) is 1. The molecule has 4 nitrogen and oxygen atoms in total. The van der Waals surface area contributed by atoms with Gasteiger partial charge in [0.15, 0.2) is 0 Å². The molecule has 4 heteroatoms. The zero-order valence-corrected chi connectivity index (χ0v) is 14.1. The van der Waals surface area contributed by atoms with Crippen molar-refractivity contribution in [2.24, 2.45) is 34.5 Å². The Morgan fingerprint density at radius 3 is 2.74 bits per heavy atom. The minimum atomic E-state index is -0.600. The second kappa shape index (κ2) is 4.84. The van der Waals surface area contributed by atoms with Crippen LogP contribution in [0, 0.1) is 34.5 Å².